The minimum Gasteiger partial charge on any atom is -0.481 e. The fourth-order valence-electron chi connectivity index (χ4n) is 2.35. The quantitative estimate of drug-likeness (QED) is 0.742. The molecule has 0 atom stereocenters. The summed E-state index contributed by atoms with van der Waals surface area (Å²) in [4.78, 5) is 10.5. The minimum atomic E-state index is -0.830. The highest BCUT2D eigenvalue weighted by atomic mass is 32.2. The summed E-state index contributed by atoms with van der Waals surface area (Å²) in [6, 6.07) is 0. The van der Waals surface area contributed by atoms with Crippen molar-refractivity contribution >= 4 is 46.0 Å². The molecule has 0 unspecified atom stereocenters. The molecule has 0 aliphatic heterocycles. The number of carbonyl (C=O) groups is 1. The van der Waals surface area contributed by atoms with Crippen LogP contribution >= 0.6 is 34.9 Å². The number of nitrogens with one attached hydrogen (secondary N) is 1. The first-order chi connectivity index (χ1) is 9.63. The van der Waals surface area contributed by atoms with Gasteiger partial charge in [0, 0.05) is 11.3 Å². The lowest BCUT2D eigenvalue weighted by Crippen LogP contribution is -2.35. The van der Waals surface area contributed by atoms with Crippen molar-refractivity contribution < 1.29 is 9.90 Å². The Bertz CT molecular complexity index is 447. The monoisotopic (exact) mass is 333 g/mol. The Labute approximate surface area is 131 Å². The van der Waals surface area contributed by atoms with E-state index in [-0.39, 0.29) is 5.75 Å². The molecule has 1 aromatic heterocycles. The van der Waals surface area contributed by atoms with E-state index in [9.17, 15) is 4.79 Å². The number of thioether (sulfide) groups is 2. The van der Waals surface area contributed by atoms with Crippen LogP contribution in [0.4, 0.5) is 5.13 Å². The number of aromatic nitrogens is 2. The first-order valence-electron chi connectivity index (χ1n) is 6.61. The molecule has 1 aromatic rings. The first kappa shape index (κ1) is 15.9. The highest BCUT2D eigenvalue weighted by Gasteiger charge is 2.31. The van der Waals surface area contributed by atoms with Gasteiger partial charge in [0.15, 0.2) is 4.34 Å². The van der Waals surface area contributed by atoms with Crippen LogP contribution in [0.2, 0.25) is 0 Å². The van der Waals surface area contributed by atoms with Gasteiger partial charge in [0.1, 0.15) is 0 Å². The molecule has 1 heterocycles. The van der Waals surface area contributed by atoms with Gasteiger partial charge in [0.25, 0.3) is 0 Å². The molecule has 0 saturated heterocycles. The van der Waals surface area contributed by atoms with Crippen molar-refractivity contribution in [1.29, 1.82) is 0 Å². The predicted octanol–water partition coefficient (Wildman–Crippen LogP) is 3.19. The van der Waals surface area contributed by atoms with Crippen molar-refractivity contribution in [2.24, 2.45) is 0 Å². The summed E-state index contributed by atoms with van der Waals surface area (Å²) in [6.45, 7) is 0.909. The van der Waals surface area contributed by atoms with Gasteiger partial charge in [-0.3, -0.25) is 4.79 Å². The Morgan fingerprint density at radius 1 is 1.40 bits per heavy atom. The van der Waals surface area contributed by atoms with Crippen LogP contribution in [0.25, 0.3) is 0 Å². The van der Waals surface area contributed by atoms with Crippen LogP contribution in [-0.2, 0) is 4.79 Å². The fraction of sp³-hybridized carbons (Fsp3) is 0.750. The number of carboxylic acid groups (broad SMARTS) is 1. The van der Waals surface area contributed by atoms with E-state index >= 15 is 0 Å². The second-order valence-corrected chi connectivity index (χ2v) is 8.33. The van der Waals surface area contributed by atoms with E-state index < -0.39 is 5.97 Å². The van der Waals surface area contributed by atoms with Crippen LogP contribution in [0, 0.1) is 0 Å². The molecule has 0 bridgehead atoms. The Balaban J connectivity index is 1.85. The third kappa shape index (κ3) is 4.53. The van der Waals surface area contributed by atoms with Crippen LogP contribution < -0.4 is 5.32 Å². The molecule has 5 nitrogen and oxygen atoms in total. The summed E-state index contributed by atoms with van der Waals surface area (Å²) >= 11 is 4.59. The van der Waals surface area contributed by atoms with Crippen molar-refractivity contribution in [3.8, 4) is 0 Å². The molecule has 112 valence electrons. The minimum absolute atomic E-state index is 0.0311. The van der Waals surface area contributed by atoms with E-state index in [2.05, 4.69) is 21.8 Å². The lowest BCUT2D eigenvalue weighted by atomic mass is 9.88. The molecule has 8 heteroatoms. The molecule has 0 spiro atoms. The van der Waals surface area contributed by atoms with E-state index in [1.54, 1.807) is 0 Å². The molecule has 2 N–H and O–H groups in total. The highest BCUT2D eigenvalue weighted by Crippen LogP contribution is 2.39. The number of carboxylic acids is 1. The summed E-state index contributed by atoms with van der Waals surface area (Å²) in [7, 11) is 0. The summed E-state index contributed by atoms with van der Waals surface area (Å²) in [5, 5.41) is 20.9. The lowest BCUT2D eigenvalue weighted by Gasteiger charge is -2.35. The van der Waals surface area contributed by atoms with Gasteiger partial charge < -0.3 is 10.4 Å². The molecule has 1 aliphatic rings. The molecule has 0 radical (unpaired) electrons. The molecular formula is C12H19N3O2S3. The van der Waals surface area contributed by atoms with Crippen LogP contribution in [0.5, 0.6) is 0 Å². The molecule has 20 heavy (non-hydrogen) atoms. The third-order valence-electron chi connectivity index (χ3n) is 3.49. The van der Waals surface area contributed by atoms with E-state index in [0.717, 1.165) is 11.7 Å². The van der Waals surface area contributed by atoms with Crippen LogP contribution in [-0.4, -0.2) is 44.6 Å². The van der Waals surface area contributed by atoms with Gasteiger partial charge in [-0.1, -0.05) is 42.4 Å². The summed E-state index contributed by atoms with van der Waals surface area (Å²) < 4.78 is 1.02. The largest absolute Gasteiger partial charge is 0.481 e. The standard InChI is InChI=1S/C12H19N3O2S3/c1-18-12(5-3-2-4-6-12)8-13-10-14-15-11(20-10)19-7-9(16)17/h2-8H2,1H3,(H,13,14)(H,16,17). The number of rotatable bonds is 7. The maximum atomic E-state index is 10.5. The highest BCUT2D eigenvalue weighted by molar-refractivity contribution is 8.01. The maximum absolute atomic E-state index is 10.5. The number of hydrogen-bond donors (Lipinski definition) is 2. The lowest BCUT2D eigenvalue weighted by molar-refractivity contribution is -0.133. The van der Waals surface area contributed by atoms with Crippen molar-refractivity contribution in [2.75, 3.05) is 23.9 Å². The summed E-state index contributed by atoms with van der Waals surface area (Å²) in [6.07, 6.45) is 8.64. The zero-order valence-electron chi connectivity index (χ0n) is 11.4. The van der Waals surface area contributed by atoms with E-state index in [0.29, 0.717) is 9.09 Å². The van der Waals surface area contributed by atoms with Crippen molar-refractivity contribution in [1.82, 2.24) is 10.2 Å². The topological polar surface area (TPSA) is 75.1 Å². The van der Waals surface area contributed by atoms with Crippen LogP contribution in [0.3, 0.4) is 0 Å². The molecular weight excluding hydrogens is 314 g/mol. The number of hydrogen-bond acceptors (Lipinski definition) is 7. The average Bonchev–Trinajstić information content (AvgIpc) is 2.92. The molecule has 2 rings (SSSR count). The van der Waals surface area contributed by atoms with Gasteiger partial charge in [-0.15, -0.1) is 10.2 Å². The zero-order valence-corrected chi connectivity index (χ0v) is 13.9. The Kier molecular flexibility index (Phi) is 5.98. The van der Waals surface area contributed by atoms with Gasteiger partial charge in [0.2, 0.25) is 5.13 Å². The molecule has 1 saturated carbocycles. The SMILES string of the molecule is CSC1(CNc2nnc(SCC(=O)O)s2)CCCCC1. The van der Waals surface area contributed by atoms with Gasteiger partial charge in [-0.05, 0) is 19.1 Å². The van der Waals surface area contributed by atoms with Crippen LogP contribution in [0.1, 0.15) is 32.1 Å². The second kappa shape index (κ2) is 7.51. The normalized spacial score (nSPS) is 17.9. The number of aliphatic carboxylic acids is 1. The number of nitrogens with zero attached hydrogens (tertiary/aromatic N) is 2. The summed E-state index contributed by atoms with van der Waals surface area (Å²) in [5.74, 6) is -0.799. The van der Waals surface area contributed by atoms with E-state index in [1.165, 1.54) is 55.2 Å². The third-order valence-corrected chi connectivity index (χ3v) is 6.90. The maximum Gasteiger partial charge on any atom is 0.313 e. The van der Waals surface area contributed by atoms with Crippen molar-refractivity contribution in [2.45, 2.75) is 41.2 Å². The molecule has 1 aliphatic carbocycles. The molecule has 1 fully saturated rings. The molecule has 0 amide bonds. The average molecular weight is 334 g/mol. The van der Waals surface area contributed by atoms with Crippen LogP contribution in [0.15, 0.2) is 4.34 Å². The Morgan fingerprint density at radius 3 is 2.80 bits per heavy atom. The number of anilines is 1. The van der Waals surface area contributed by atoms with Gasteiger partial charge in [-0.25, -0.2) is 0 Å². The van der Waals surface area contributed by atoms with E-state index in [1.807, 2.05) is 11.8 Å². The van der Waals surface area contributed by atoms with Crippen molar-refractivity contribution in [3.05, 3.63) is 0 Å². The zero-order chi connectivity index (χ0) is 14.4. The Hall–Kier alpha value is -0.470. The first-order valence-corrected chi connectivity index (χ1v) is 9.63. The van der Waals surface area contributed by atoms with Gasteiger partial charge >= 0.3 is 5.97 Å². The van der Waals surface area contributed by atoms with Gasteiger partial charge in [-0.2, -0.15) is 11.8 Å². The van der Waals surface area contributed by atoms with Gasteiger partial charge in [0.05, 0.1) is 5.75 Å². The summed E-state index contributed by atoms with van der Waals surface area (Å²) in [5.41, 5.74) is 0. The molecule has 0 aromatic carbocycles. The fourth-order valence-corrected chi connectivity index (χ4v) is 4.73. The predicted molar refractivity (Wildman–Crippen MR) is 86.1 cm³/mol. The van der Waals surface area contributed by atoms with E-state index in [4.69, 9.17) is 5.11 Å². The Morgan fingerprint density at radius 2 is 2.15 bits per heavy atom. The smallest absolute Gasteiger partial charge is 0.313 e. The van der Waals surface area contributed by atoms with Crippen molar-refractivity contribution in [3.63, 3.8) is 0 Å². The second-order valence-electron chi connectivity index (χ2n) is 4.86.